The molecule has 204 valence electrons. The molecule has 1 fully saturated rings. The number of rotatable bonds is 6. The number of carboxylic acids is 1. The Labute approximate surface area is 215 Å². The van der Waals surface area contributed by atoms with Crippen LogP contribution in [-0.2, 0) is 28.5 Å². The van der Waals surface area contributed by atoms with Crippen molar-refractivity contribution in [2.24, 2.45) is 11.8 Å². The van der Waals surface area contributed by atoms with E-state index >= 15 is 0 Å². The summed E-state index contributed by atoms with van der Waals surface area (Å²) in [6.45, 7) is -0.699. The second kappa shape index (κ2) is 9.78. The van der Waals surface area contributed by atoms with Gasteiger partial charge in [-0.25, -0.2) is 9.59 Å². The van der Waals surface area contributed by atoms with Crippen LogP contribution >= 0.6 is 0 Å². The van der Waals surface area contributed by atoms with Gasteiger partial charge in [-0.05, 0) is 29.8 Å². The van der Waals surface area contributed by atoms with E-state index in [9.17, 15) is 45.3 Å². The maximum Gasteiger partial charge on any atom is 0.338 e. The van der Waals surface area contributed by atoms with Gasteiger partial charge in [0, 0.05) is 5.92 Å². The van der Waals surface area contributed by atoms with Gasteiger partial charge < -0.3 is 54.7 Å². The monoisotopic (exact) mass is 534 g/mol. The molecule has 13 nitrogen and oxygen atoms in total. The van der Waals surface area contributed by atoms with Gasteiger partial charge in [0.15, 0.2) is 11.9 Å². The molecule has 13 heteroatoms. The lowest BCUT2D eigenvalue weighted by Gasteiger charge is -2.44. The number of aliphatic hydroxyl groups is 5. The van der Waals surface area contributed by atoms with Gasteiger partial charge >= 0.3 is 11.9 Å². The molecule has 0 bridgehead atoms. The molecule has 1 aromatic carbocycles. The van der Waals surface area contributed by atoms with Crippen molar-refractivity contribution >= 4 is 11.9 Å². The van der Waals surface area contributed by atoms with Crippen LogP contribution in [0.1, 0.15) is 11.7 Å². The fraction of sp³-hybridized carbons (Fsp3) is 0.440. The van der Waals surface area contributed by atoms with Crippen molar-refractivity contribution in [3.63, 3.8) is 0 Å². The van der Waals surface area contributed by atoms with Gasteiger partial charge in [0.2, 0.25) is 6.29 Å². The molecule has 10 atom stereocenters. The average molecular weight is 534 g/mol. The van der Waals surface area contributed by atoms with Gasteiger partial charge in [0.05, 0.1) is 29.9 Å². The molecule has 2 unspecified atom stereocenters. The van der Waals surface area contributed by atoms with E-state index in [1.165, 1.54) is 42.5 Å². The highest BCUT2D eigenvalue weighted by Gasteiger charge is 2.59. The van der Waals surface area contributed by atoms with Crippen molar-refractivity contribution in [2.45, 2.75) is 48.7 Å². The molecule has 0 radical (unpaired) electrons. The van der Waals surface area contributed by atoms with Gasteiger partial charge in [0.1, 0.15) is 36.3 Å². The number of aromatic hydroxyl groups is 1. The molecule has 5 rings (SSSR count). The van der Waals surface area contributed by atoms with E-state index in [0.29, 0.717) is 5.56 Å². The van der Waals surface area contributed by atoms with E-state index in [1.807, 2.05) is 0 Å². The van der Waals surface area contributed by atoms with E-state index in [0.717, 1.165) is 6.26 Å². The van der Waals surface area contributed by atoms with Crippen LogP contribution in [0.25, 0.3) is 0 Å². The summed E-state index contributed by atoms with van der Waals surface area (Å²) in [6.07, 6.45) is -5.61. The fourth-order valence-corrected chi connectivity index (χ4v) is 5.19. The Morgan fingerprint density at radius 1 is 1.08 bits per heavy atom. The number of carbonyl (C=O) groups excluding carboxylic acids is 1. The number of allylic oxidation sites excluding steroid dienone is 1. The van der Waals surface area contributed by atoms with Crippen LogP contribution in [-0.4, -0.2) is 96.9 Å². The van der Waals surface area contributed by atoms with Gasteiger partial charge in [0.25, 0.3) is 0 Å². The molecule has 1 aliphatic carbocycles. The first kappa shape index (κ1) is 26.3. The summed E-state index contributed by atoms with van der Waals surface area (Å²) in [4.78, 5) is 24.8. The number of phenolic OH excluding ortho intramolecular Hbond substituents is 1. The maximum atomic E-state index is 12.9. The number of phenols is 1. The zero-order chi connectivity index (χ0) is 27.4. The van der Waals surface area contributed by atoms with E-state index in [2.05, 4.69) is 0 Å². The molecule has 4 aliphatic rings. The van der Waals surface area contributed by atoms with E-state index in [4.69, 9.17) is 18.9 Å². The summed E-state index contributed by atoms with van der Waals surface area (Å²) in [6, 6.07) is 5.52. The lowest BCUT2D eigenvalue weighted by atomic mass is 9.78. The lowest BCUT2D eigenvalue weighted by molar-refractivity contribution is -0.344. The van der Waals surface area contributed by atoms with Crippen molar-refractivity contribution in [3.05, 3.63) is 65.5 Å². The molecule has 0 saturated carbocycles. The first-order valence-electron chi connectivity index (χ1n) is 11.7. The Balaban J connectivity index is 1.48. The summed E-state index contributed by atoms with van der Waals surface area (Å²) in [7, 11) is 0. The molecule has 0 aromatic heterocycles. The Kier molecular flexibility index (Phi) is 6.77. The number of carbonyl (C=O) groups is 2. The second-order valence-corrected chi connectivity index (χ2v) is 9.46. The number of hydrogen-bond acceptors (Lipinski definition) is 12. The van der Waals surface area contributed by atoms with E-state index < -0.39 is 79.1 Å². The van der Waals surface area contributed by atoms with Crippen LogP contribution in [0, 0.1) is 11.8 Å². The summed E-state index contributed by atoms with van der Waals surface area (Å²) < 4.78 is 22.4. The zero-order valence-electron chi connectivity index (χ0n) is 19.6. The quantitative estimate of drug-likeness (QED) is 0.165. The summed E-state index contributed by atoms with van der Waals surface area (Å²) >= 11 is 0. The largest absolute Gasteiger partial charge is 0.508 e. The van der Waals surface area contributed by atoms with Crippen molar-refractivity contribution in [1.82, 2.24) is 0 Å². The Bertz CT molecular complexity index is 1190. The van der Waals surface area contributed by atoms with Gasteiger partial charge in [-0.3, -0.25) is 0 Å². The first-order chi connectivity index (χ1) is 18.1. The summed E-state index contributed by atoms with van der Waals surface area (Å²) in [5.41, 5.74) is -1.64. The Morgan fingerprint density at radius 2 is 1.79 bits per heavy atom. The number of esters is 1. The molecule has 38 heavy (non-hydrogen) atoms. The number of aliphatic carboxylic acids is 1. The summed E-state index contributed by atoms with van der Waals surface area (Å²) in [5, 5.41) is 70.1. The molecule has 1 spiro atoms. The molecule has 7 N–H and O–H groups in total. The minimum Gasteiger partial charge on any atom is -0.508 e. The maximum absolute atomic E-state index is 12.9. The smallest absolute Gasteiger partial charge is 0.338 e. The van der Waals surface area contributed by atoms with Crippen molar-refractivity contribution in [2.75, 3.05) is 6.61 Å². The fourth-order valence-electron chi connectivity index (χ4n) is 5.19. The predicted octanol–water partition coefficient (Wildman–Crippen LogP) is -1.41. The Hall–Kier alpha value is -3.30. The van der Waals surface area contributed by atoms with Gasteiger partial charge in [-0.1, -0.05) is 18.2 Å². The number of fused-ring (bicyclic) bond motifs is 2. The number of ether oxygens (including phenoxy) is 4. The zero-order valence-corrected chi connectivity index (χ0v) is 19.6. The van der Waals surface area contributed by atoms with Gasteiger partial charge in [-0.2, -0.15) is 0 Å². The van der Waals surface area contributed by atoms with Crippen LogP contribution in [0.5, 0.6) is 5.75 Å². The number of aliphatic hydroxyl groups excluding tert-OH is 5. The SMILES string of the molecule is O=C(O)C1=CO[C@@H](OC2O[C@H](CO)[C@@H](O)[C@H](O)[C@H]2O)[C@H]2[C@@H]1C=C[C@@]21C=C(C(O)c2ccc(O)cc2)C(=O)O1. The van der Waals surface area contributed by atoms with Gasteiger partial charge in [-0.15, -0.1) is 0 Å². The number of hydrogen-bond donors (Lipinski definition) is 7. The van der Waals surface area contributed by atoms with Crippen LogP contribution in [0.2, 0.25) is 0 Å². The minimum absolute atomic E-state index is 0.0394. The summed E-state index contributed by atoms with van der Waals surface area (Å²) in [5.74, 6) is -4.19. The Morgan fingerprint density at radius 3 is 2.45 bits per heavy atom. The number of benzene rings is 1. The highest BCUT2D eigenvalue weighted by atomic mass is 16.8. The first-order valence-corrected chi connectivity index (χ1v) is 11.7. The molecule has 3 heterocycles. The molecular weight excluding hydrogens is 508 g/mol. The third kappa shape index (κ3) is 4.27. The van der Waals surface area contributed by atoms with Crippen LogP contribution in [0.3, 0.4) is 0 Å². The average Bonchev–Trinajstić information content (AvgIpc) is 3.43. The highest BCUT2D eigenvalue weighted by molar-refractivity contribution is 5.94. The molecule has 1 saturated heterocycles. The highest BCUT2D eigenvalue weighted by Crippen LogP contribution is 2.51. The third-order valence-electron chi connectivity index (χ3n) is 7.21. The molecule has 1 aromatic rings. The predicted molar refractivity (Wildman–Crippen MR) is 122 cm³/mol. The topological polar surface area (TPSA) is 213 Å². The second-order valence-electron chi connectivity index (χ2n) is 9.46. The van der Waals surface area contributed by atoms with Crippen molar-refractivity contribution in [3.8, 4) is 5.75 Å². The van der Waals surface area contributed by atoms with Crippen LogP contribution < -0.4 is 0 Å². The molecule has 3 aliphatic heterocycles. The van der Waals surface area contributed by atoms with Crippen LogP contribution in [0.4, 0.5) is 0 Å². The van der Waals surface area contributed by atoms with E-state index in [-0.39, 0.29) is 16.9 Å². The van der Waals surface area contributed by atoms with Crippen LogP contribution in [0.15, 0.2) is 59.9 Å². The molecule has 0 amide bonds. The van der Waals surface area contributed by atoms with Crippen molar-refractivity contribution in [1.29, 1.82) is 0 Å². The normalized spacial score (nSPS) is 38.7. The van der Waals surface area contributed by atoms with Crippen molar-refractivity contribution < 1.29 is 64.3 Å². The minimum atomic E-state index is -1.77. The number of carboxylic acid groups (broad SMARTS) is 1. The standard InChI is InChI=1S/C25H26O13/c26-8-15-18(29)19(30)20(31)24(36-15)37-23-16-12(14(9-35-23)21(32)33)5-6-25(16)7-13(22(34)38-25)17(28)10-1-3-11(27)4-2-10/h1-7,9,12,15-20,23-24,26-31H,8H2,(H,32,33)/t12-,15-,16-,17?,18-,19+,20-,23+,24?,25-/m1/s1. The molecular formula is C25H26O13. The third-order valence-corrected chi connectivity index (χ3v) is 7.21. The lowest BCUT2D eigenvalue weighted by Crippen LogP contribution is -2.60. The van der Waals surface area contributed by atoms with E-state index in [1.54, 1.807) is 0 Å².